The predicted molar refractivity (Wildman–Crippen MR) is 82.8 cm³/mol. The summed E-state index contributed by atoms with van der Waals surface area (Å²) in [7, 11) is 0. The normalized spacial score (nSPS) is 10.4. The van der Waals surface area contributed by atoms with Gasteiger partial charge in [-0.3, -0.25) is 4.79 Å². The summed E-state index contributed by atoms with van der Waals surface area (Å²) in [4.78, 5) is 15.9. The molecular weight excluding hydrogens is 319 g/mol. The summed E-state index contributed by atoms with van der Waals surface area (Å²) in [6.45, 7) is 1.80. The summed E-state index contributed by atoms with van der Waals surface area (Å²) in [5, 5.41) is 3.74. The Labute approximate surface area is 131 Å². The minimum absolute atomic E-state index is 0.165. The number of halogens is 3. The van der Waals surface area contributed by atoms with Crippen LogP contribution < -0.4 is 5.32 Å². The fourth-order valence-corrected chi connectivity index (χ4v) is 2.53. The topological polar surface area (TPSA) is 42.0 Å². The zero-order valence-electron chi connectivity index (χ0n) is 10.6. The molecule has 0 fully saturated rings. The first-order chi connectivity index (χ1) is 9.47. The molecule has 20 heavy (non-hydrogen) atoms. The number of hydrogen-bond donors (Lipinski definition) is 1. The molecule has 2 rings (SSSR count). The monoisotopic (exact) mass is 328 g/mol. The van der Waals surface area contributed by atoms with Gasteiger partial charge in [0.25, 0.3) is 0 Å². The fraction of sp³-hybridized carbons (Fsp3) is 0.143. The Kier molecular flexibility index (Phi) is 4.86. The summed E-state index contributed by atoms with van der Waals surface area (Å²) in [5.74, 6) is -0.216. The van der Waals surface area contributed by atoms with Gasteiger partial charge < -0.3 is 5.32 Å². The van der Waals surface area contributed by atoms with E-state index in [9.17, 15) is 4.79 Å². The van der Waals surface area contributed by atoms with E-state index in [-0.39, 0.29) is 22.6 Å². The number of benzene rings is 1. The second-order valence-electron chi connectivity index (χ2n) is 4.24. The summed E-state index contributed by atoms with van der Waals surface area (Å²) < 4.78 is 0. The lowest BCUT2D eigenvalue weighted by Crippen LogP contribution is -2.16. The van der Waals surface area contributed by atoms with Gasteiger partial charge in [0.05, 0.1) is 12.1 Å². The molecule has 0 saturated heterocycles. The fourth-order valence-electron chi connectivity index (χ4n) is 1.74. The van der Waals surface area contributed by atoms with Gasteiger partial charge in [0.15, 0.2) is 5.15 Å². The summed E-state index contributed by atoms with van der Waals surface area (Å²) >= 11 is 17.8. The minimum Gasteiger partial charge on any atom is -0.323 e. The maximum absolute atomic E-state index is 12.0. The molecule has 1 N–H and O–H groups in total. The molecule has 0 saturated carbocycles. The molecule has 6 heteroatoms. The van der Waals surface area contributed by atoms with Crippen LogP contribution in [0.4, 0.5) is 5.69 Å². The first-order valence-corrected chi connectivity index (χ1v) is 6.96. The molecular formula is C14H11Cl3N2O. The minimum atomic E-state index is -0.216. The highest BCUT2D eigenvalue weighted by atomic mass is 35.5. The van der Waals surface area contributed by atoms with Crippen molar-refractivity contribution in [2.45, 2.75) is 13.3 Å². The molecule has 0 aliphatic carbocycles. The van der Waals surface area contributed by atoms with Gasteiger partial charge in [-0.1, -0.05) is 53.0 Å². The lowest BCUT2D eigenvalue weighted by atomic mass is 10.1. The molecule has 0 aliphatic heterocycles. The number of nitrogens with zero attached hydrogens (tertiary/aromatic N) is 1. The van der Waals surface area contributed by atoms with Crippen molar-refractivity contribution in [3.05, 3.63) is 56.8 Å². The predicted octanol–water partition coefficient (Wildman–Crippen LogP) is 4.53. The van der Waals surface area contributed by atoms with Gasteiger partial charge >= 0.3 is 0 Å². The standard InChI is InChI=1S/C14H11Cl3N2O/c1-8-6-11(16)18-14(17)13(8)19-12(20)7-9-4-2-3-5-10(9)15/h2-6H,7H2,1H3,(H,19,20). The van der Waals surface area contributed by atoms with Gasteiger partial charge in [-0.2, -0.15) is 0 Å². The van der Waals surface area contributed by atoms with Crippen molar-refractivity contribution < 1.29 is 4.79 Å². The van der Waals surface area contributed by atoms with Gasteiger partial charge in [0.1, 0.15) is 5.15 Å². The second kappa shape index (κ2) is 6.44. The Morgan fingerprint density at radius 2 is 1.95 bits per heavy atom. The van der Waals surface area contributed by atoms with Gasteiger partial charge in [-0.15, -0.1) is 0 Å². The third-order valence-electron chi connectivity index (χ3n) is 2.71. The van der Waals surface area contributed by atoms with Crippen LogP contribution in [0.15, 0.2) is 30.3 Å². The zero-order chi connectivity index (χ0) is 14.7. The third-order valence-corrected chi connectivity index (χ3v) is 3.55. The summed E-state index contributed by atoms with van der Waals surface area (Å²) in [6, 6.07) is 8.83. The molecule has 1 aromatic heterocycles. The zero-order valence-corrected chi connectivity index (χ0v) is 12.9. The van der Waals surface area contributed by atoms with Crippen molar-refractivity contribution in [3.63, 3.8) is 0 Å². The van der Waals surface area contributed by atoms with E-state index in [1.807, 2.05) is 12.1 Å². The number of pyridine rings is 1. The number of rotatable bonds is 3. The third kappa shape index (κ3) is 3.63. The van der Waals surface area contributed by atoms with Crippen molar-refractivity contribution in [2.75, 3.05) is 5.32 Å². The van der Waals surface area contributed by atoms with Gasteiger partial charge in [0, 0.05) is 5.02 Å². The van der Waals surface area contributed by atoms with Crippen molar-refractivity contribution in [1.82, 2.24) is 4.98 Å². The Hall–Kier alpha value is -1.29. The van der Waals surface area contributed by atoms with E-state index in [4.69, 9.17) is 34.8 Å². The number of aryl methyl sites for hydroxylation is 1. The number of amides is 1. The quantitative estimate of drug-likeness (QED) is 0.841. The van der Waals surface area contributed by atoms with Crippen LogP contribution in [-0.4, -0.2) is 10.9 Å². The molecule has 0 atom stereocenters. The Bertz CT molecular complexity index is 636. The smallest absolute Gasteiger partial charge is 0.228 e. The van der Waals surface area contributed by atoms with Crippen molar-refractivity contribution in [1.29, 1.82) is 0 Å². The van der Waals surface area contributed by atoms with E-state index in [1.54, 1.807) is 25.1 Å². The lowest BCUT2D eigenvalue weighted by molar-refractivity contribution is -0.115. The summed E-state index contributed by atoms with van der Waals surface area (Å²) in [6.07, 6.45) is 0.165. The summed E-state index contributed by atoms with van der Waals surface area (Å²) in [5.41, 5.74) is 1.97. The average molecular weight is 330 g/mol. The molecule has 1 amide bonds. The van der Waals surface area contributed by atoms with E-state index in [1.165, 1.54) is 0 Å². The van der Waals surface area contributed by atoms with E-state index >= 15 is 0 Å². The number of hydrogen-bond acceptors (Lipinski definition) is 2. The number of carbonyl (C=O) groups excluding carboxylic acids is 1. The van der Waals surface area contributed by atoms with Gasteiger partial charge in [0.2, 0.25) is 5.91 Å². The number of carbonyl (C=O) groups is 1. The van der Waals surface area contributed by atoms with Crippen LogP contribution in [0, 0.1) is 6.92 Å². The molecule has 0 radical (unpaired) electrons. The lowest BCUT2D eigenvalue weighted by Gasteiger charge is -2.10. The van der Waals surface area contributed by atoms with E-state index in [2.05, 4.69) is 10.3 Å². The second-order valence-corrected chi connectivity index (χ2v) is 5.40. The molecule has 3 nitrogen and oxygen atoms in total. The highest BCUT2D eigenvalue weighted by Crippen LogP contribution is 2.26. The Balaban J connectivity index is 2.15. The molecule has 0 bridgehead atoms. The molecule has 1 aromatic carbocycles. The molecule has 1 heterocycles. The average Bonchev–Trinajstić information content (AvgIpc) is 2.36. The maximum Gasteiger partial charge on any atom is 0.228 e. The largest absolute Gasteiger partial charge is 0.323 e. The maximum atomic E-state index is 12.0. The molecule has 0 spiro atoms. The molecule has 0 unspecified atom stereocenters. The molecule has 104 valence electrons. The van der Waals surface area contributed by atoms with E-state index in [0.717, 1.165) is 11.1 Å². The molecule has 2 aromatic rings. The number of aromatic nitrogens is 1. The first-order valence-electron chi connectivity index (χ1n) is 5.83. The SMILES string of the molecule is Cc1cc(Cl)nc(Cl)c1NC(=O)Cc1ccccc1Cl. The first kappa shape index (κ1) is 15.1. The van der Waals surface area contributed by atoms with Crippen LogP contribution in [0.2, 0.25) is 15.3 Å². The van der Waals surface area contributed by atoms with Gasteiger partial charge in [-0.05, 0) is 30.2 Å². The van der Waals surface area contributed by atoms with Crippen LogP contribution in [0.1, 0.15) is 11.1 Å². The van der Waals surface area contributed by atoms with Crippen LogP contribution in [-0.2, 0) is 11.2 Å². The van der Waals surface area contributed by atoms with Crippen LogP contribution >= 0.6 is 34.8 Å². The highest BCUT2D eigenvalue weighted by molar-refractivity contribution is 6.35. The Morgan fingerprint density at radius 3 is 2.60 bits per heavy atom. The van der Waals surface area contributed by atoms with E-state index < -0.39 is 0 Å². The van der Waals surface area contributed by atoms with Crippen LogP contribution in [0.5, 0.6) is 0 Å². The van der Waals surface area contributed by atoms with E-state index in [0.29, 0.717) is 10.7 Å². The van der Waals surface area contributed by atoms with Crippen molar-refractivity contribution >= 4 is 46.4 Å². The Morgan fingerprint density at radius 1 is 1.25 bits per heavy atom. The number of nitrogens with one attached hydrogen (secondary N) is 1. The van der Waals surface area contributed by atoms with Crippen LogP contribution in [0.3, 0.4) is 0 Å². The molecule has 0 aliphatic rings. The van der Waals surface area contributed by atoms with Crippen molar-refractivity contribution in [3.8, 4) is 0 Å². The van der Waals surface area contributed by atoms with Crippen molar-refractivity contribution in [2.24, 2.45) is 0 Å². The van der Waals surface area contributed by atoms with Crippen LogP contribution in [0.25, 0.3) is 0 Å². The number of anilines is 1. The highest BCUT2D eigenvalue weighted by Gasteiger charge is 2.12. The van der Waals surface area contributed by atoms with Gasteiger partial charge in [-0.25, -0.2) is 4.98 Å².